The SMILES string of the molecule is Cn1c(=O)n(C2CCCN2)c(=O)c2ccc(C(F)(F)F)cc21. The first-order valence-electron chi connectivity index (χ1n) is 6.86. The Morgan fingerprint density at radius 1 is 1.27 bits per heavy atom. The van der Waals surface area contributed by atoms with Crippen molar-refractivity contribution in [3.05, 3.63) is 44.6 Å². The Hall–Kier alpha value is -2.09. The number of nitrogens with one attached hydrogen (secondary N) is 1. The average Bonchev–Trinajstić information content (AvgIpc) is 2.97. The van der Waals surface area contributed by atoms with Crippen LogP contribution in [0.3, 0.4) is 0 Å². The highest BCUT2D eigenvalue weighted by Crippen LogP contribution is 2.30. The Morgan fingerprint density at radius 2 is 2.00 bits per heavy atom. The van der Waals surface area contributed by atoms with E-state index in [0.29, 0.717) is 13.0 Å². The predicted octanol–water partition coefficient (Wildman–Crippen LogP) is 1.60. The van der Waals surface area contributed by atoms with Crippen molar-refractivity contribution < 1.29 is 13.2 Å². The van der Waals surface area contributed by atoms with E-state index in [4.69, 9.17) is 0 Å². The third-order valence-electron chi connectivity index (χ3n) is 3.97. The van der Waals surface area contributed by atoms with Crippen molar-refractivity contribution >= 4 is 10.9 Å². The van der Waals surface area contributed by atoms with Gasteiger partial charge >= 0.3 is 11.9 Å². The number of aromatic nitrogens is 2. The molecule has 2 heterocycles. The van der Waals surface area contributed by atoms with Gasteiger partial charge < -0.3 is 0 Å². The molecular formula is C14H14F3N3O2. The van der Waals surface area contributed by atoms with Crippen LogP contribution in [-0.4, -0.2) is 15.7 Å². The second-order valence-electron chi connectivity index (χ2n) is 5.36. The van der Waals surface area contributed by atoms with Crippen LogP contribution in [0.15, 0.2) is 27.8 Å². The monoisotopic (exact) mass is 313 g/mol. The van der Waals surface area contributed by atoms with Gasteiger partial charge in [-0.3, -0.25) is 14.7 Å². The number of halogens is 3. The van der Waals surface area contributed by atoms with E-state index >= 15 is 0 Å². The van der Waals surface area contributed by atoms with E-state index in [1.165, 1.54) is 7.05 Å². The van der Waals surface area contributed by atoms with E-state index in [0.717, 1.165) is 33.8 Å². The van der Waals surface area contributed by atoms with Crippen LogP contribution in [0.4, 0.5) is 13.2 Å². The van der Waals surface area contributed by atoms with Crippen LogP contribution in [0.5, 0.6) is 0 Å². The topological polar surface area (TPSA) is 56.0 Å². The molecule has 0 spiro atoms. The second-order valence-corrected chi connectivity index (χ2v) is 5.36. The molecule has 1 aliphatic heterocycles. The van der Waals surface area contributed by atoms with Crippen molar-refractivity contribution in [3.63, 3.8) is 0 Å². The lowest BCUT2D eigenvalue weighted by Crippen LogP contribution is -2.44. The van der Waals surface area contributed by atoms with Gasteiger partial charge in [0, 0.05) is 7.05 Å². The van der Waals surface area contributed by atoms with Crippen molar-refractivity contribution in [3.8, 4) is 0 Å². The first kappa shape index (κ1) is 14.8. The third kappa shape index (κ3) is 2.23. The van der Waals surface area contributed by atoms with Gasteiger partial charge in [0.2, 0.25) is 0 Å². The molecule has 0 bridgehead atoms. The fraction of sp³-hybridized carbons (Fsp3) is 0.429. The molecule has 1 atom stereocenters. The number of alkyl halides is 3. The zero-order chi connectivity index (χ0) is 16.1. The molecule has 1 aromatic carbocycles. The van der Waals surface area contributed by atoms with E-state index in [1.807, 2.05) is 0 Å². The summed E-state index contributed by atoms with van der Waals surface area (Å²) in [5.41, 5.74) is -2.08. The van der Waals surface area contributed by atoms with E-state index < -0.39 is 29.2 Å². The standard InChI is InChI=1S/C14H14F3N3O2/c1-19-10-7-8(14(15,16)17)4-5-9(10)12(21)20(13(19)22)11-3-2-6-18-11/h4-5,7,11,18H,2-3,6H2,1H3. The Kier molecular flexibility index (Phi) is 3.36. The Morgan fingerprint density at radius 3 is 2.59 bits per heavy atom. The van der Waals surface area contributed by atoms with Gasteiger partial charge in [0.05, 0.1) is 22.6 Å². The molecule has 2 aromatic rings. The van der Waals surface area contributed by atoms with Crippen LogP contribution < -0.4 is 16.6 Å². The van der Waals surface area contributed by atoms with Gasteiger partial charge in [0.15, 0.2) is 0 Å². The highest BCUT2D eigenvalue weighted by Gasteiger charge is 2.31. The van der Waals surface area contributed by atoms with Gasteiger partial charge in [-0.25, -0.2) is 9.36 Å². The lowest BCUT2D eigenvalue weighted by atomic mass is 10.1. The Bertz CT molecular complexity index is 845. The molecule has 1 fully saturated rings. The third-order valence-corrected chi connectivity index (χ3v) is 3.97. The zero-order valence-electron chi connectivity index (χ0n) is 11.8. The van der Waals surface area contributed by atoms with Crippen LogP contribution in [0.1, 0.15) is 24.6 Å². The van der Waals surface area contributed by atoms with Crippen LogP contribution in [-0.2, 0) is 13.2 Å². The lowest BCUT2D eigenvalue weighted by Gasteiger charge is -2.17. The summed E-state index contributed by atoms with van der Waals surface area (Å²) >= 11 is 0. The van der Waals surface area contributed by atoms with E-state index in [1.54, 1.807) is 0 Å². The molecule has 0 amide bonds. The fourth-order valence-electron chi connectivity index (χ4n) is 2.81. The van der Waals surface area contributed by atoms with Gasteiger partial charge in [0.1, 0.15) is 0 Å². The number of hydrogen-bond acceptors (Lipinski definition) is 3. The minimum Gasteiger partial charge on any atom is -0.297 e. The molecule has 1 saturated heterocycles. The zero-order valence-corrected chi connectivity index (χ0v) is 11.8. The molecule has 1 unspecified atom stereocenters. The highest BCUT2D eigenvalue weighted by molar-refractivity contribution is 5.78. The summed E-state index contributed by atoms with van der Waals surface area (Å²) in [6.45, 7) is 0.700. The normalized spacial score (nSPS) is 19.0. The van der Waals surface area contributed by atoms with E-state index in [-0.39, 0.29) is 10.9 Å². The summed E-state index contributed by atoms with van der Waals surface area (Å²) in [4.78, 5) is 24.8. The van der Waals surface area contributed by atoms with Crippen LogP contribution in [0, 0.1) is 0 Å². The summed E-state index contributed by atoms with van der Waals surface area (Å²) in [6.07, 6.45) is -3.45. The molecule has 1 N–H and O–H groups in total. The van der Waals surface area contributed by atoms with Crippen molar-refractivity contribution in [1.29, 1.82) is 0 Å². The molecule has 1 aliphatic rings. The van der Waals surface area contributed by atoms with Gasteiger partial charge in [-0.05, 0) is 37.6 Å². The van der Waals surface area contributed by atoms with Crippen LogP contribution in [0.2, 0.25) is 0 Å². The first-order valence-corrected chi connectivity index (χ1v) is 6.86. The van der Waals surface area contributed by atoms with Gasteiger partial charge in [0.25, 0.3) is 5.56 Å². The van der Waals surface area contributed by atoms with E-state index in [2.05, 4.69) is 5.32 Å². The molecule has 22 heavy (non-hydrogen) atoms. The number of fused-ring (bicyclic) bond motifs is 1. The van der Waals surface area contributed by atoms with E-state index in [9.17, 15) is 22.8 Å². The quantitative estimate of drug-likeness (QED) is 0.870. The lowest BCUT2D eigenvalue weighted by molar-refractivity contribution is -0.137. The number of aryl methyl sites for hydroxylation is 1. The Labute approximate surface area is 123 Å². The van der Waals surface area contributed by atoms with Gasteiger partial charge in [-0.15, -0.1) is 0 Å². The number of benzene rings is 1. The smallest absolute Gasteiger partial charge is 0.297 e. The van der Waals surface area contributed by atoms with Crippen LogP contribution in [0.25, 0.3) is 10.9 Å². The average molecular weight is 313 g/mol. The molecule has 0 aliphatic carbocycles. The molecule has 0 radical (unpaired) electrons. The maximum atomic E-state index is 12.8. The van der Waals surface area contributed by atoms with Crippen molar-refractivity contribution in [2.75, 3.05) is 6.54 Å². The highest BCUT2D eigenvalue weighted by atomic mass is 19.4. The van der Waals surface area contributed by atoms with Crippen molar-refractivity contribution in [1.82, 2.24) is 14.5 Å². The van der Waals surface area contributed by atoms with Crippen LogP contribution >= 0.6 is 0 Å². The van der Waals surface area contributed by atoms with Gasteiger partial charge in [-0.1, -0.05) is 0 Å². The minimum absolute atomic E-state index is 0.0147. The molecule has 1 aromatic heterocycles. The maximum Gasteiger partial charge on any atom is 0.416 e. The largest absolute Gasteiger partial charge is 0.416 e. The summed E-state index contributed by atoms with van der Waals surface area (Å²) in [6, 6.07) is 2.83. The molecular weight excluding hydrogens is 299 g/mol. The molecule has 5 nitrogen and oxygen atoms in total. The molecule has 8 heteroatoms. The minimum atomic E-state index is -4.52. The Balaban J connectivity index is 2.31. The second kappa shape index (κ2) is 4.98. The summed E-state index contributed by atoms with van der Waals surface area (Å²) in [5.74, 6) is 0. The number of hydrogen-bond donors (Lipinski definition) is 1. The number of nitrogens with zero attached hydrogens (tertiary/aromatic N) is 2. The van der Waals surface area contributed by atoms with Crippen molar-refractivity contribution in [2.45, 2.75) is 25.2 Å². The maximum absolute atomic E-state index is 12.8. The summed E-state index contributed by atoms with van der Waals surface area (Å²) in [5, 5.41) is 3.15. The molecule has 118 valence electrons. The molecule has 0 saturated carbocycles. The summed E-state index contributed by atoms with van der Waals surface area (Å²) in [7, 11) is 1.37. The predicted molar refractivity (Wildman–Crippen MR) is 74.7 cm³/mol. The summed E-state index contributed by atoms with van der Waals surface area (Å²) < 4.78 is 40.6. The molecule has 3 rings (SSSR count). The fourth-order valence-corrected chi connectivity index (χ4v) is 2.81. The first-order chi connectivity index (χ1) is 10.3. The van der Waals surface area contributed by atoms with Gasteiger partial charge in [-0.2, -0.15) is 13.2 Å². The number of rotatable bonds is 1. The van der Waals surface area contributed by atoms with Crippen molar-refractivity contribution in [2.24, 2.45) is 7.05 Å².